The first-order chi connectivity index (χ1) is 20.5. The Balaban J connectivity index is 1.26. The Bertz CT molecular complexity index is 1650. The molecule has 2 aliphatic rings. The maximum absolute atomic E-state index is 12.6. The molecule has 0 fully saturated rings. The second kappa shape index (κ2) is 12.5. The molecule has 6 rings (SSSR count). The fourth-order valence-corrected chi connectivity index (χ4v) is 7.73. The lowest BCUT2D eigenvalue weighted by Crippen LogP contribution is -2.37. The average molecular weight is 572 g/mol. The van der Waals surface area contributed by atoms with E-state index in [-0.39, 0.29) is 11.2 Å². The molecular formula is C38H37NO2S. The van der Waals surface area contributed by atoms with Gasteiger partial charge in [0.25, 0.3) is 0 Å². The van der Waals surface area contributed by atoms with E-state index in [2.05, 4.69) is 116 Å². The summed E-state index contributed by atoms with van der Waals surface area (Å²) in [5.74, 6) is -0.588. The average Bonchev–Trinajstić information content (AvgIpc) is 3.55. The quantitative estimate of drug-likeness (QED) is 0.167. The molecular weight excluding hydrogens is 534 g/mol. The molecule has 4 heteroatoms. The summed E-state index contributed by atoms with van der Waals surface area (Å²) in [7, 11) is 0. The van der Waals surface area contributed by atoms with Gasteiger partial charge in [0.2, 0.25) is 0 Å². The molecule has 0 radical (unpaired) electrons. The topological polar surface area (TPSA) is 49.3 Å². The molecule has 3 nitrogen and oxygen atoms in total. The summed E-state index contributed by atoms with van der Waals surface area (Å²) >= 11 is 1.76. The largest absolute Gasteiger partial charge is 0.480 e. The Kier molecular flexibility index (Phi) is 8.34. The smallest absolute Gasteiger partial charge is 0.326 e. The minimum Gasteiger partial charge on any atom is -0.480 e. The number of rotatable bonds is 11. The van der Waals surface area contributed by atoms with E-state index in [1.165, 1.54) is 55.7 Å². The van der Waals surface area contributed by atoms with Gasteiger partial charge < -0.3 is 10.4 Å². The van der Waals surface area contributed by atoms with Crippen LogP contribution in [0.4, 0.5) is 0 Å². The van der Waals surface area contributed by atoms with E-state index >= 15 is 0 Å². The molecule has 0 heterocycles. The highest BCUT2D eigenvalue weighted by molar-refractivity contribution is 7.99. The van der Waals surface area contributed by atoms with Gasteiger partial charge in [-0.2, -0.15) is 11.8 Å². The molecule has 0 spiro atoms. The van der Waals surface area contributed by atoms with Crippen LogP contribution in [0.3, 0.4) is 0 Å². The summed E-state index contributed by atoms with van der Waals surface area (Å²) in [6.45, 7) is 2.17. The summed E-state index contributed by atoms with van der Waals surface area (Å²) in [6.07, 6.45) is 9.36. The number of carbonyl (C=O) groups is 1. The normalized spacial score (nSPS) is 16.7. The first-order valence-corrected chi connectivity index (χ1v) is 16.0. The Morgan fingerprint density at radius 3 is 2.48 bits per heavy atom. The minimum atomic E-state index is -0.812. The third kappa shape index (κ3) is 5.82. The van der Waals surface area contributed by atoms with E-state index < -0.39 is 12.0 Å². The Morgan fingerprint density at radius 1 is 0.929 bits per heavy atom. The molecule has 0 amide bonds. The van der Waals surface area contributed by atoms with Crippen molar-refractivity contribution in [3.63, 3.8) is 0 Å². The van der Waals surface area contributed by atoms with Crippen molar-refractivity contribution in [1.82, 2.24) is 5.32 Å². The second-order valence-electron chi connectivity index (χ2n) is 11.5. The first-order valence-electron chi connectivity index (χ1n) is 14.7. The highest BCUT2D eigenvalue weighted by Crippen LogP contribution is 2.43. The van der Waals surface area contributed by atoms with Crippen LogP contribution in [0, 0.1) is 0 Å². The number of aliphatic carboxylic acids is 1. The third-order valence-corrected chi connectivity index (χ3v) is 9.84. The number of hydrogen-bond donors (Lipinski definition) is 2. The number of fused-ring (bicyclic) bond motifs is 4. The van der Waals surface area contributed by atoms with E-state index in [4.69, 9.17) is 0 Å². The molecule has 0 bridgehead atoms. The fourth-order valence-electron chi connectivity index (χ4n) is 6.71. The van der Waals surface area contributed by atoms with Gasteiger partial charge in [-0.1, -0.05) is 109 Å². The van der Waals surface area contributed by atoms with Crippen molar-refractivity contribution < 1.29 is 9.90 Å². The summed E-state index contributed by atoms with van der Waals surface area (Å²) in [5.41, 5.74) is 13.0. The zero-order valence-electron chi connectivity index (χ0n) is 24.2. The maximum atomic E-state index is 12.6. The van der Waals surface area contributed by atoms with Gasteiger partial charge in [0.15, 0.2) is 0 Å². The van der Waals surface area contributed by atoms with E-state index in [0.717, 1.165) is 19.3 Å². The summed E-state index contributed by atoms with van der Waals surface area (Å²) in [5, 5.41) is 13.9. The molecule has 212 valence electrons. The third-order valence-electron chi connectivity index (χ3n) is 8.77. The molecule has 4 aromatic rings. The van der Waals surface area contributed by atoms with Crippen LogP contribution in [0.1, 0.15) is 52.6 Å². The van der Waals surface area contributed by atoms with Crippen LogP contribution < -0.4 is 5.32 Å². The van der Waals surface area contributed by atoms with Crippen molar-refractivity contribution >= 4 is 23.8 Å². The number of carboxylic acids is 1. The standard InChI is InChI=1S/C38H37NO2S/c1-25-19-28-13-7-9-17-32(28)37(25)36(42-2)23-35(38(40)41)39-24-27(20-26-11-4-3-5-12-26)21-29-15-10-18-33-31-16-8-6-14-30(31)22-34(29)33/h3-19,24,35-37,39H,20-23H2,1-2H3,(H,40,41)/t35-,36?,37?/m0/s1. The maximum Gasteiger partial charge on any atom is 0.326 e. The Morgan fingerprint density at radius 2 is 1.67 bits per heavy atom. The van der Waals surface area contributed by atoms with Crippen LogP contribution >= 0.6 is 11.8 Å². The van der Waals surface area contributed by atoms with E-state index in [1.807, 2.05) is 12.3 Å². The second-order valence-corrected chi connectivity index (χ2v) is 12.6. The molecule has 0 saturated heterocycles. The Labute approximate surface area is 253 Å². The number of thioether (sulfide) groups is 1. The number of hydrogen-bond acceptors (Lipinski definition) is 3. The lowest BCUT2D eigenvalue weighted by Gasteiger charge is -2.27. The van der Waals surface area contributed by atoms with Gasteiger partial charge in [-0.05, 0) is 95.1 Å². The molecule has 2 unspecified atom stereocenters. The predicted octanol–water partition coefficient (Wildman–Crippen LogP) is 8.29. The highest BCUT2D eigenvalue weighted by Gasteiger charge is 2.33. The Hall–Kier alpha value is -4.02. The van der Waals surface area contributed by atoms with Crippen LogP contribution in [0.2, 0.25) is 0 Å². The van der Waals surface area contributed by atoms with Gasteiger partial charge in [0.05, 0.1) is 0 Å². The van der Waals surface area contributed by atoms with Crippen molar-refractivity contribution in [3.8, 4) is 11.1 Å². The predicted molar refractivity (Wildman–Crippen MR) is 176 cm³/mol. The zero-order valence-corrected chi connectivity index (χ0v) is 25.0. The molecule has 0 saturated carbocycles. The molecule has 3 atom stereocenters. The van der Waals surface area contributed by atoms with Crippen molar-refractivity contribution in [2.45, 2.75) is 49.8 Å². The molecule has 0 aliphatic heterocycles. The van der Waals surface area contributed by atoms with Gasteiger partial charge in [-0.25, -0.2) is 4.79 Å². The van der Waals surface area contributed by atoms with Crippen LogP contribution in [0.5, 0.6) is 0 Å². The van der Waals surface area contributed by atoms with E-state index in [1.54, 1.807) is 11.8 Å². The number of allylic oxidation sites excluding steroid dienone is 2. The first kappa shape index (κ1) is 28.1. The highest BCUT2D eigenvalue weighted by atomic mass is 32.2. The number of nitrogens with one attached hydrogen (secondary N) is 1. The van der Waals surface area contributed by atoms with Crippen molar-refractivity contribution in [2.24, 2.45) is 0 Å². The molecule has 2 aliphatic carbocycles. The van der Waals surface area contributed by atoms with Crippen molar-refractivity contribution in [3.05, 3.63) is 148 Å². The van der Waals surface area contributed by atoms with Crippen molar-refractivity contribution in [2.75, 3.05) is 6.26 Å². The molecule has 4 aromatic carbocycles. The SMILES string of the molecule is CSC(C[C@H](NC=C(Cc1ccccc1)Cc1cccc2c1Cc1ccccc1-2)C(=O)O)C1C(C)=Cc2ccccc21. The van der Waals surface area contributed by atoms with Crippen LogP contribution in [-0.4, -0.2) is 28.6 Å². The van der Waals surface area contributed by atoms with Gasteiger partial charge in [-0.15, -0.1) is 0 Å². The molecule has 2 N–H and O–H groups in total. The lowest BCUT2D eigenvalue weighted by atomic mass is 9.89. The monoisotopic (exact) mass is 571 g/mol. The molecule has 42 heavy (non-hydrogen) atoms. The molecule has 0 aromatic heterocycles. The van der Waals surface area contributed by atoms with Crippen LogP contribution in [-0.2, 0) is 24.1 Å². The van der Waals surface area contributed by atoms with E-state index in [9.17, 15) is 9.90 Å². The van der Waals surface area contributed by atoms with Gasteiger partial charge in [-0.3, -0.25) is 0 Å². The number of carboxylic acid groups (broad SMARTS) is 1. The minimum absolute atomic E-state index is 0.153. The van der Waals surface area contributed by atoms with Crippen molar-refractivity contribution in [1.29, 1.82) is 0 Å². The van der Waals surface area contributed by atoms with Gasteiger partial charge >= 0.3 is 5.97 Å². The van der Waals surface area contributed by atoms with Crippen LogP contribution in [0.15, 0.2) is 114 Å². The van der Waals surface area contributed by atoms with E-state index in [0.29, 0.717) is 6.42 Å². The zero-order chi connectivity index (χ0) is 29.1. The lowest BCUT2D eigenvalue weighted by molar-refractivity contribution is -0.139. The number of benzene rings is 4. The summed E-state index contributed by atoms with van der Waals surface area (Å²) in [4.78, 5) is 12.6. The van der Waals surface area contributed by atoms with Crippen LogP contribution in [0.25, 0.3) is 17.2 Å². The van der Waals surface area contributed by atoms with Gasteiger partial charge in [0.1, 0.15) is 6.04 Å². The van der Waals surface area contributed by atoms with Gasteiger partial charge in [0, 0.05) is 11.2 Å². The summed E-state index contributed by atoms with van der Waals surface area (Å²) in [6, 6.07) is 33.5. The summed E-state index contributed by atoms with van der Waals surface area (Å²) < 4.78 is 0. The fraction of sp³-hybridized carbons (Fsp3) is 0.237.